The third-order valence-electron chi connectivity index (χ3n) is 8.68. The van der Waals surface area contributed by atoms with Crippen LogP contribution in [0.15, 0.2) is 65.2 Å². The van der Waals surface area contributed by atoms with Gasteiger partial charge in [-0.2, -0.15) is 10.2 Å². The molecular formula is C33H30FN7O4. The van der Waals surface area contributed by atoms with Crippen LogP contribution in [0.2, 0.25) is 0 Å². The van der Waals surface area contributed by atoms with E-state index in [0.717, 1.165) is 54.3 Å². The summed E-state index contributed by atoms with van der Waals surface area (Å²) < 4.78 is 27.5. The number of aromatic carboxylic acids is 1. The number of benzene rings is 2. The van der Waals surface area contributed by atoms with Crippen molar-refractivity contribution < 1.29 is 23.6 Å². The van der Waals surface area contributed by atoms with E-state index in [4.69, 9.17) is 24.5 Å². The van der Waals surface area contributed by atoms with E-state index >= 15 is 0 Å². The van der Waals surface area contributed by atoms with Gasteiger partial charge in [0.05, 0.1) is 41.3 Å². The van der Waals surface area contributed by atoms with Crippen LogP contribution in [-0.4, -0.2) is 60.8 Å². The second kappa shape index (κ2) is 11.7. The largest absolute Gasteiger partial charge is 0.478 e. The Hall–Kier alpha value is -5.28. The number of fused-ring (bicyclic) bond motifs is 2. The van der Waals surface area contributed by atoms with Gasteiger partial charge in [-0.15, -0.1) is 0 Å². The van der Waals surface area contributed by atoms with Crippen molar-refractivity contribution in [1.82, 2.24) is 24.6 Å². The molecule has 7 rings (SSSR count). The van der Waals surface area contributed by atoms with Gasteiger partial charge in [0.1, 0.15) is 35.5 Å². The number of ether oxygens (including phenoxy) is 1. The van der Waals surface area contributed by atoms with E-state index in [1.165, 1.54) is 6.07 Å². The molecular weight excluding hydrogens is 577 g/mol. The lowest BCUT2D eigenvalue weighted by Crippen LogP contribution is -2.64. The molecule has 1 aliphatic heterocycles. The van der Waals surface area contributed by atoms with Gasteiger partial charge < -0.3 is 23.8 Å². The lowest BCUT2D eigenvalue weighted by atomic mass is 9.81. The maximum Gasteiger partial charge on any atom is 0.335 e. The minimum absolute atomic E-state index is 0.0106. The molecule has 5 aromatic rings. The molecule has 0 spiro atoms. The number of pyridine rings is 1. The number of rotatable bonds is 9. The number of aryl methyl sites for hydroxylation is 1. The standard InChI is InChI=1S/C33H30FN7O4/c1-20-13-24(38-45-20)17-41-29-15-22(33(42)43)7-8-26(29)36-31(41)18-39-11-12-40(28-10-9-27(28)39)30-3-2-4-32(37-30)44-19-23-6-5-21(16-35)14-25(23)34/h2-8,13-15,27-28H,9-12,17-19H2,1H3,(H,42,43)/t27-,28+/m1/s1. The van der Waals surface area contributed by atoms with Crippen LogP contribution >= 0.6 is 0 Å². The Kier molecular flexibility index (Phi) is 7.39. The van der Waals surface area contributed by atoms with E-state index in [-0.39, 0.29) is 23.8 Å². The van der Waals surface area contributed by atoms with Crippen molar-refractivity contribution in [3.05, 3.63) is 100 Å². The summed E-state index contributed by atoms with van der Waals surface area (Å²) in [6.45, 7) is 4.43. The Morgan fingerprint density at radius 2 is 1.96 bits per heavy atom. The van der Waals surface area contributed by atoms with E-state index in [9.17, 15) is 14.3 Å². The monoisotopic (exact) mass is 607 g/mol. The number of hydrogen-bond donors (Lipinski definition) is 1. The second-order valence-corrected chi connectivity index (χ2v) is 11.5. The number of halogens is 1. The van der Waals surface area contributed by atoms with E-state index in [1.807, 2.05) is 35.8 Å². The molecule has 1 N–H and O–H groups in total. The molecule has 4 heterocycles. The van der Waals surface area contributed by atoms with E-state index < -0.39 is 11.8 Å². The zero-order chi connectivity index (χ0) is 31.1. The number of piperazine rings is 1. The van der Waals surface area contributed by atoms with Crippen molar-refractivity contribution in [2.24, 2.45) is 0 Å². The lowest BCUT2D eigenvalue weighted by Gasteiger charge is -2.54. The van der Waals surface area contributed by atoms with Crippen LogP contribution in [0.5, 0.6) is 5.88 Å². The highest BCUT2D eigenvalue weighted by Gasteiger charge is 2.43. The first kappa shape index (κ1) is 28.5. The molecule has 2 aliphatic rings. The van der Waals surface area contributed by atoms with Gasteiger partial charge in [0.25, 0.3) is 0 Å². The van der Waals surface area contributed by atoms with Gasteiger partial charge in [-0.3, -0.25) is 4.90 Å². The molecule has 1 saturated heterocycles. The zero-order valence-electron chi connectivity index (χ0n) is 24.6. The molecule has 1 aliphatic carbocycles. The van der Waals surface area contributed by atoms with Crippen LogP contribution < -0.4 is 9.64 Å². The Morgan fingerprint density at radius 1 is 1.09 bits per heavy atom. The van der Waals surface area contributed by atoms with Crippen molar-refractivity contribution in [3.8, 4) is 11.9 Å². The van der Waals surface area contributed by atoms with Crippen LogP contribution in [0.25, 0.3) is 11.0 Å². The predicted molar refractivity (Wildman–Crippen MR) is 161 cm³/mol. The van der Waals surface area contributed by atoms with Crippen molar-refractivity contribution in [2.75, 3.05) is 18.0 Å². The quantitative estimate of drug-likeness (QED) is 0.246. The summed E-state index contributed by atoms with van der Waals surface area (Å²) in [6, 6.07) is 19.4. The van der Waals surface area contributed by atoms with Crippen molar-refractivity contribution in [1.29, 1.82) is 5.26 Å². The van der Waals surface area contributed by atoms with Crippen molar-refractivity contribution >= 4 is 22.8 Å². The Morgan fingerprint density at radius 3 is 2.69 bits per heavy atom. The molecule has 0 radical (unpaired) electrons. The molecule has 0 bridgehead atoms. The molecule has 1 saturated carbocycles. The summed E-state index contributed by atoms with van der Waals surface area (Å²) in [5.74, 6) is 1.31. The predicted octanol–water partition coefficient (Wildman–Crippen LogP) is 4.92. The minimum Gasteiger partial charge on any atom is -0.478 e. The normalized spacial score (nSPS) is 17.9. The maximum atomic E-state index is 14.3. The summed E-state index contributed by atoms with van der Waals surface area (Å²) in [4.78, 5) is 26.2. The third kappa shape index (κ3) is 5.58. The van der Waals surface area contributed by atoms with Crippen LogP contribution in [-0.2, 0) is 19.7 Å². The first-order valence-corrected chi connectivity index (χ1v) is 14.8. The zero-order valence-corrected chi connectivity index (χ0v) is 24.6. The van der Waals surface area contributed by atoms with Crippen molar-refractivity contribution in [3.63, 3.8) is 0 Å². The number of anilines is 1. The molecule has 2 aromatic carbocycles. The molecule has 3 aromatic heterocycles. The molecule has 12 heteroatoms. The Bertz CT molecular complexity index is 1950. The van der Waals surface area contributed by atoms with Crippen LogP contribution in [0.4, 0.5) is 10.2 Å². The van der Waals surface area contributed by atoms with E-state index in [2.05, 4.69) is 15.0 Å². The number of carboxylic acid groups (broad SMARTS) is 1. The highest BCUT2D eigenvalue weighted by atomic mass is 19.1. The highest BCUT2D eigenvalue weighted by molar-refractivity contribution is 5.92. The van der Waals surface area contributed by atoms with Gasteiger partial charge in [-0.25, -0.2) is 14.2 Å². The van der Waals surface area contributed by atoms with Crippen LogP contribution in [0, 0.1) is 24.1 Å². The molecule has 0 unspecified atom stereocenters. The van der Waals surface area contributed by atoms with Crippen molar-refractivity contribution in [2.45, 2.75) is 51.5 Å². The van der Waals surface area contributed by atoms with E-state index in [1.54, 1.807) is 36.4 Å². The van der Waals surface area contributed by atoms with Gasteiger partial charge in [-0.1, -0.05) is 17.3 Å². The minimum atomic E-state index is -0.985. The molecule has 45 heavy (non-hydrogen) atoms. The fourth-order valence-corrected chi connectivity index (χ4v) is 6.27. The summed E-state index contributed by atoms with van der Waals surface area (Å²) >= 11 is 0. The highest BCUT2D eigenvalue weighted by Crippen LogP contribution is 2.37. The fraction of sp³-hybridized carbons (Fsp3) is 0.303. The number of aromatic nitrogens is 4. The topological polar surface area (TPSA) is 134 Å². The van der Waals surface area contributed by atoms with Gasteiger partial charge in [0.15, 0.2) is 0 Å². The van der Waals surface area contributed by atoms with Gasteiger partial charge in [0.2, 0.25) is 5.88 Å². The molecule has 2 atom stereocenters. The molecule has 11 nitrogen and oxygen atoms in total. The number of nitrogens with zero attached hydrogens (tertiary/aromatic N) is 7. The third-order valence-corrected chi connectivity index (χ3v) is 8.68. The summed E-state index contributed by atoms with van der Waals surface area (Å²) in [6.07, 6.45) is 2.07. The maximum absolute atomic E-state index is 14.3. The fourth-order valence-electron chi connectivity index (χ4n) is 6.27. The molecule has 0 amide bonds. The van der Waals surface area contributed by atoms with Crippen LogP contribution in [0.1, 0.15) is 51.6 Å². The summed E-state index contributed by atoms with van der Waals surface area (Å²) in [5, 5.41) is 22.8. The van der Waals surface area contributed by atoms with E-state index in [0.29, 0.717) is 36.3 Å². The Balaban J connectivity index is 1.08. The summed E-state index contributed by atoms with van der Waals surface area (Å²) in [5.41, 5.74) is 3.06. The SMILES string of the molecule is Cc1cc(Cn2c(CN3CCN(c4cccc(OCc5ccc(C#N)cc5F)n4)[C@H]4CC[C@H]43)nc3ccc(C(=O)O)cc32)no1. The number of carbonyl (C=O) groups is 1. The lowest BCUT2D eigenvalue weighted by molar-refractivity contribution is 0.0624. The molecule has 228 valence electrons. The second-order valence-electron chi connectivity index (χ2n) is 11.5. The first-order valence-electron chi connectivity index (χ1n) is 14.8. The smallest absolute Gasteiger partial charge is 0.335 e. The number of carboxylic acids is 1. The Labute approximate surface area is 258 Å². The number of hydrogen-bond acceptors (Lipinski definition) is 9. The van der Waals surface area contributed by atoms with Gasteiger partial charge in [-0.05, 0) is 56.2 Å². The average Bonchev–Trinajstić information content (AvgIpc) is 3.59. The first-order chi connectivity index (χ1) is 21.9. The number of nitriles is 1. The average molecular weight is 608 g/mol. The number of imidazole rings is 1. The van der Waals surface area contributed by atoms with Crippen LogP contribution in [0.3, 0.4) is 0 Å². The van der Waals surface area contributed by atoms with Gasteiger partial charge in [0, 0.05) is 42.9 Å². The summed E-state index contributed by atoms with van der Waals surface area (Å²) in [7, 11) is 0. The molecule has 2 fully saturated rings. The van der Waals surface area contributed by atoms with Gasteiger partial charge >= 0.3 is 5.97 Å².